The second kappa shape index (κ2) is 8.70. The number of nitrogens with two attached hydrogens (primary N) is 1. The highest BCUT2D eigenvalue weighted by atomic mass is 16.1. The summed E-state index contributed by atoms with van der Waals surface area (Å²) in [5, 5.41) is 3.05. The second-order valence-corrected chi connectivity index (χ2v) is 5.16. The Labute approximate surface area is 116 Å². The van der Waals surface area contributed by atoms with Crippen LogP contribution in [0.4, 0.5) is 0 Å². The predicted molar refractivity (Wildman–Crippen MR) is 79.9 cm³/mol. The number of carbonyl (C=O) groups is 1. The van der Waals surface area contributed by atoms with Gasteiger partial charge in [0, 0.05) is 6.42 Å². The van der Waals surface area contributed by atoms with Gasteiger partial charge in [-0.1, -0.05) is 42.7 Å². The number of hydrogen-bond acceptors (Lipinski definition) is 2. The van der Waals surface area contributed by atoms with E-state index in [-0.39, 0.29) is 11.9 Å². The molecule has 3 N–H and O–H groups in total. The van der Waals surface area contributed by atoms with Gasteiger partial charge in [0.25, 0.3) is 0 Å². The van der Waals surface area contributed by atoms with Crippen molar-refractivity contribution in [1.82, 2.24) is 5.32 Å². The van der Waals surface area contributed by atoms with Gasteiger partial charge in [-0.05, 0) is 38.8 Å². The van der Waals surface area contributed by atoms with Gasteiger partial charge >= 0.3 is 0 Å². The van der Waals surface area contributed by atoms with E-state index in [4.69, 9.17) is 5.73 Å². The van der Waals surface area contributed by atoms with Gasteiger partial charge in [-0.2, -0.15) is 0 Å². The van der Waals surface area contributed by atoms with Crippen molar-refractivity contribution in [3.63, 3.8) is 0 Å². The molecule has 1 aromatic carbocycles. The molecule has 0 radical (unpaired) electrons. The highest BCUT2D eigenvalue weighted by Crippen LogP contribution is 2.14. The molecule has 1 aromatic rings. The fourth-order valence-electron chi connectivity index (χ4n) is 2.12. The molecule has 0 unspecified atom stereocenters. The Bertz CT molecular complexity index is 390. The number of unbranched alkanes of at least 4 members (excludes halogenated alkanes) is 3. The smallest absolute Gasteiger partial charge is 0.220 e. The first-order chi connectivity index (χ1) is 9.13. The van der Waals surface area contributed by atoms with E-state index in [1.807, 2.05) is 13.0 Å². The number of aryl methyl sites for hydroxylation is 1. The summed E-state index contributed by atoms with van der Waals surface area (Å²) in [7, 11) is 0. The van der Waals surface area contributed by atoms with Crippen molar-refractivity contribution in [2.75, 3.05) is 6.54 Å². The predicted octanol–water partition coefficient (Wildman–Crippen LogP) is 3.08. The third-order valence-corrected chi connectivity index (χ3v) is 3.28. The third kappa shape index (κ3) is 6.39. The molecule has 0 aliphatic heterocycles. The van der Waals surface area contributed by atoms with E-state index in [1.165, 1.54) is 5.56 Å². The summed E-state index contributed by atoms with van der Waals surface area (Å²) in [6.07, 6.45) is 4.83. The van der Waals surface area contributed by atoms with Gasteiger partial charge in [-0.15, -0.1) is 0 Å². The van der Waals surface area contributed by atoms with Crippen LogP contribution in [-0.2, 0) is 4.79 Å². The molecule has 0 bridgehead atoms. The summed E-state index contributed by atoms with van der Waals surface area (Å²) in [5.74, 6) is 0.141. The molecule has 0 spiro atoms. The van der Waals surface area contributed by atoms with Crippen molar-refractivity contribution in [2.24, 2.45) is 5.73 Å². The molecular formula is C16H26N2O. The van der Waals surface area contributed by atoms with Crippen molar-refractivity contribution >= 4 is 5.91 Å². The topological polar surface area (TPSA) is 55.1 Å². The summed E-state index contributed by atoms with van der Waals surface area (Å²) in [6.45, 7) is 4.84. The fourth-order valence-corrected chi connectivity index (χ4v) is 2.12. The van der Waals surface area contributed by atoms with Crippen molar-refractivity contribution < 1.29 is 4.79 Å². The highest BCUT2D eigenvalue weighted by molar-refractivity contribution is 5.76. The summed E-state index contributed by atoms with van der Waals surface area (Å²) in [4.78, 5) is 11.8. The molecule has 3 heteroatoms. The lowest BCUT2D eigenvalue weighted by Crippen LogP contribution is -2.26. The van der Waals surface area contributed by atoms with Crippen molar-refractivity contribution in [3.8, 4) is 0 Å². The summed E-state index contributed by atoms with van der Waals surface area (Å²) in [6, 6.07) is 8.34. The Morgan fingerprint density at radius 3 is 2.68 bits per heavy atom. The lowest BCUT2D eigenvalue weighted by Gasteiger charge is -2.14. The lowest BCUT2D eigenvalue weighted by atomic mass is 10.1. The molecule has 1 amide bonds. The van der Waals surface area contributed by atoms with E-state index in [1.54, 1.807) is 0 Å². The monoisotopic (exact) mass is 262 g/mol. The maximum absolute atomic E-state index is 11.8. The zero-order valence-electron chi connectivity index (χ0n) is 12.1. The molecule has 1 atom stereocenters. The molecule has 0 aliphatic rings. The number of amides is 1. The van der Waals surface area contributed by atoms with Crippen LogP contribution in [-0.4, -0.2) is 12.5 Å². The summed E-state index contributed by atoms with van der Waals surface area (Å²) >= 11 is 0. The Balaban J connectivity index is 2.28. The van der Waals surface area contributed by atoms with Crippen LogP contribution in [0.15, 0.2) is 24.3 Å². The van der Waals surface area contributed by atoms with E-state index in [9.17, 15) is 4.79 Å². The molecular weight excluding hydrogens is 236 g/mol. The van der Waals surface area contributed by atoms with Gasteiger partial charge in [0.1, 0.15) is 0 Å². The minimum atomic E-state index is 0.0800. The highest BCUT2D eigenvalue weighted by Gasteiger charge is 2.09. The van der Waals surface area contributed by atoms with E-state index >= 15 is 0 Å². The number of benzene rings is 1. The van der Waals surface area contributed by atoms with E-state index in [2.05, 4.69) is 30.4 Å². The number of nitrogens with one attached hydrogen (secondary N) is 1. The van der Waals surface area contributed by atoms with Gasteiger partial charge in [0.15, 0.2) is 0 Å². The Morgan fingerprint density at radius 2 is 2.00 bits per heavy atom. The molecule has 0 saturated carbocycles. The molecule has 19 heavy (non-hydrogen) atoms. The largest absolute Gasteiger partial charge is 0.350 e. The van der Waals surface area contributed by atoms with E-state index in [0.29, 0.717) is 6.42 Å². The number of hydrogen-bond donors (Lipinski definition) is 2. The Kier molecular flexibility index (Phi) is 7.19. The molecule has 106 valence electrons. The first kappa shape index (κ1) is 15.7. The van der Waals surface area contributed by atoms with Crippen LogP contribution >= 0.6 is 0 Å². The van der Waals surface area contributed by atoms with Crippen molar-refractivity contribution in [1.29, 1.82) is 0 Å². The zero-order valence-corrected chi connectivity index (χ0v) is 12.1. The van der Waals surface area contributed by atoms with Gasteiger partial charge in [0.2, 0.25) is 5.91 Å². The average molecular weight is 262 g/mol. The number of carbonyl (C=O) groups excluding carboxylic acids is 1. The minimum absolute atomic E-state index is 0.0800. The van der Waals surface area contributed by atoms with Crippen LogP contribution in [0.2, 0.25) is 0 Å². The van der Waals surface area contributed by atoms with Gasteiger partial charge in [-0.25, -0.2) is 0 Å². The van der Waals surface area contributed by atoms with Crippen LogP contribution in [0.5, 0.6) is 0 Å². The number of rotatable bonds is 8. The molecule has 0 aromatic heterocycles. The van der Waals surface area contributed by atoms with Crippen molar-refractivity contribution in [2.45, 2.75) is 52.0 Å². The maximum Gasteiger partial charge on any atom is 0.220 e. The van der Waals surface area contributed by atoms with Gasteiger partial charge < -0.3 is 11.1 Å². The third-order valence-electron chi connectivity index (χ3n) is 3.28. The van der Waals surface area contributed by atoms with Crippen LogP contribution in [0.1, 0.15) is 56.2 Å². The average Bonchev–Trinajstić information content (AvgIpc) is 2.38. The van der Waals surface area contributed by atoms with Crippen LogP contribution < -0.4 is 11.1 Å². The molecule has 0 heterocycles. The quantitative estimate of drug-likeness (QED) is 0.707. The summed E-state index contributed by atoms with van der Waals surface area (Å²) in [5.41, 5.74) is 7.82. The van der Waals surface area contributed by atoms with Crippen LogP contribution in [0, 0.1) is 6.92 Å². The SMILES string of the molecule is Cc1cccc([C@H](C)NC(=O)CCCCCCN)c1. The lowest BCUT2D eigenvalue weighted by molar-refractivity contribution is -0.121. The molecule has 0 saturated heterocycles. The summed E-state index contributed by atoms with van der Waals surface area (Å²) < 4.78 is 0. The molecule has 3 nitrogen and oxygen atoms in total. The Morgan fingerprint density at radius 1 is 1.26 bits per heavy atom. The normalized spacial score (nSPS) is 12.2. The maximum atomic E-state index is 11.8. The van der Waals surface area contributed by atoms with Crippen LogP contribution in [0.3, 0.4) is 0 Å². The second-order valence-electron chi connectivity index (χ2n) is 5.16. The fraction of sp³-hybridized carbons (Fsp3) is 0.562. The minimum Gasteiger partial charge on any atom is -0.350 e. The zero-order chi connectivity index (χ0) is 14.1. The van der Waals surface area contributed by atoms with E-state index < -0.39 is 0 Å². The molecule has 1 rings (SSSR count). The Hall–Kier alpha value is -1.35. The molecule has 0 aliphatic carbocycles. The first-order valence-electron chi connectivity index (χ1n) is 7.19. The molecule has 0 fully saturated rings. The first-order valence-corrected chi connectivity index (χ1v) is 7.19. The standard InChI is InChI=1S/C16H26N2O/c1-13-8-7-9-15(12-13)14(2)18-16(19)10-5-3-4-6-11-17/h7-9,12,14H,3-6,10-11,17H2,1-2H3,(H,18,19)/t14-/m0/s1. The van der Waals surface area contributed by atoms with Gasteiger partial charge in [-0.3, -0.25) is 4.79 Å². The van der Waals surface area contributed by atoms with Crippen molar-refractivity contribution in [3.05, 3.63) is 35.4 Å². The van der Waals surface area contributed by atoms with E-state index in [0.717, 1.165) is 37.8 Å². The van der Waals surface area contributed by atoms with Crippen LogP contribution in [0.25, 0.3) is 0 Å². The van der Waals surface area contributed by atoms with Gasteiger partial charge in [0.05, 0.1) is 6.04 Å².